The Hall–Kier alpha value is -3.67. The van der Waals surface area contributed by atoms with Crippen LogP contribution in [0.4, 0.5) is 5.69 Å². The summed E-state index contributed by atoms with van der Waals surface area (Å²) < 4.78 is 0. The highest BCUT2D eigenvalue weighted by atomic mass is 16.3. The van der Waals surface area contributed by atoms with Gasteiger partial charge in [0.05, 0.1) is 6.42 Å². The molecule has 1 heterocycles. The Balaban J connectivity index is 1.56. The van der Waals surface area contributed by atoms with Gasteiger partial charge in [0.15, 0.2) is 0 Å². The molecule has 3 aromatic rings. The van der Waals surface area contributed by atoms with Gasteiger partial charge < -0.3 is 15.7 Å². The van der Waals surface area contributed by atoms with Crippen molar-refractivity contribution in [3.63, 3.8) is 0 Å². The van der Waals surface area contributed by atoms with Gasteiger partial charge in [-0.15, -0.1) is 0 Å². The predicted molar refractivity (Wildman–Crippen MR) is 107 cm³/mol. The summed E-state index contributed by atoms with van der Waals surface area (Å²) in [5.41, 5.74) is 3.56. The number of hydrogen-bond donors (Lipinski definition) is 3. The molecule has 0 saturated heterocycles. The molecule has 0 fully saturated rings. The maximum atomic E-state index is 12.2. The van der Waals surface area contributed by atoms with E-state index in [-0.39, 0.29) is 24.0 Å². The molecule has 3 rings (SSSR count). The Kier molecular flexibility index (Phi) is 6.01. The predicted octanol–water partition coefficient (Wildman–Crippen LogP) is 3.21. The molecule has 6 heteroatoms. The van der Waals surface area contributed by atoms with Gasteiger partial charge in [-0.2, -0.15) is 0 Å². The molecule has 0 radical (unpaired) electrons. The average Bonchev–Trinajstić information content (AvgIpc) is 2.70. The molecule has 2 aromatic carbocycles. The number of pyridine rings is 1. The number of anilines is 1. The van der Waals surface area contributed by atoms with Crippen LogP contribution in [0, 0.1) is 6.92 Å². The summed E-state index contributed by atoms with van der Waals surface area (Å²) in [5, 5.41) is 15.4. The summed E-state index contributed by atoms with van der Waals surface area (Å²) in [5.74, 6) is -0.180. The number of nitrogens with one attached hydrogen (secondary N) is 2. The second-order valence-electron chi connectivity index (χ2n) is 6.46. The molecule has 0 spiro atoms. The highest BCUT2D eigenvalue weighted by Gasteiger charge is 2.08. The number of carbonyl (C=O) groups is 2. The van der Waals surface area contributed by atoms with Crippen LogP contribution in [0.1, 0.15) is 27.0 Å². The largest absolute Gasteiger partial charge is 0.508 e. The first kappa shape index (κ1) is 19.1. The third-order valence-electron chi connectivity index (χ3n) is 4.26. The number of phenols is 1. The highest BCUT2D eigenvalue weighted by molar-refractivity contribution is 6.04. The van der Waals surface area contributed by atoms with Gasteiger partial charge in [-0.05, 0) is 53.9 Å². The van der Waals surface area contributed by atoms with E-state index in [9.17, 15) is 14.7 Å². The van der Waals surface area contributed by atoms with Gasteiger partial charge in [-0.1, -0.05) is 24.3 Å². The van der Waals surface area contributed by atoms with Crippen molar-refractivity contribution in [1.82, 2.24) is 10.3 Å². The summed E-state index contributed by atoms with van der Waals surface area (Å²) in [6, 6.07) is 15.8. The van der Waals surface area contributed by atoms with E-state index in [0.717, 1.165) is 16.7 Å². The number of amides is 2. The van der Waals surface area contributed by atoms with Gasteiger partial charge in [0.25, 0.3) is 5.91 Å². The molecular formula is C22H21N3O3. The lowest BCUT2D eigenvalue weighted by atomic mass is 10.1. The third-order valence-corrected chi connectivity index (χ3v) is 4.26. The number of aromatic hydroxyl groups is 1. The molecular weight excluding hydrogens is 354 g/mol. The minimum Gasteiger partial charge on any atom is -0.508 e. The van der Waals surface area contributed by atoms with Crippen LogP contribution in [0.3, 0.4) is 0 Å². The van der Waals surface area contributed by atoms with Crippen molar-refractivity contribution >= 4 is 17.5 Å². The number of hydrogen-bond acceptors (Lipinski definition) is 4. The quantitative estimate of drug-likeness (QED) is 0.617. The van der Waals surface area contributed by atoms with Crippen LogP contribution >= 0.6 is 0 Å². The maximum Gasteiger partial charge on any atom is 0.255 e. The van der Waals surface area contributed by atoms with E-state index >= 15 is 0 Å². The Morgan fingerprint density at radius 3 is 2.54 bits per heavy atom. The molecule has 2 amide bonds. The van der Waals surface area contributed by atoms with E-state index < -0.39 is 0 Å². The van der Waals surface area contributed by atoms with E-state index in [1.54, 1.807) is 49.6 Å². The van der Waals surface area contributed by atoms with Gasteiger partial charge in [-0.3, -0.25) is 14.6 Å². The SMILES string of the molecule is Cc1ccc(CC(=O)NCc2cccc(NC(=O)c3ccncc3)c2)cc1O. The third kappa shape index (κ3) is 5.17. The second kappa shape index (κ2) is 8.81. The summed E-state index contributed by atoms with van der Waals surface area (Å²) in [4.78, 5) is 28.3. The van der Waals surface area contributed by atoms with Crippen molar-refractivity contribution in [2.24, 2.45) is 0 Å². The first-order chi connectivity index (χ1) is 13.5. The summed E-state index contributed by atoms with van der Waals surface area (Å²) >= 11 is 0. The van der Waals surface area contributed by atoms with Crippen LogP contribution < -0.4 is 10.6 Å². The number of aryl methyl sites for hydroxylation is 1. The summed E-state index contributed by atoms with van der Waals surface area (Å²) in [6.07, 6.45) is 3.32. The first-order valence-corrected chi connectivity index (χ1v) is 8.87. The molecule has 0 atom stereocenters. The minimum absolute atomic E-state index is 0.144. The van der Waals surface area contributed by atoms with Crippen LogP contribution in [0.15, 0.2) is 67.0 Å². The lowest BCUT2D eigenvalue weighted by molar-refractivity contribution is -0.120. The zero-order chi connectivity index (χ0) is 19.9. The Morgan fingerprint density at radius 1 is 1.00 bits per heavy atom. The fourth-order valence-corrected chi connectivity index (χ4v) is 2.68. The van der Waals surface area contributed by atoms with Gasteiger partial charge in [0, 0.05) is 30.2 Å². The number of carbonyl (C=O) groups excluding carboxylic acids is 2. The average molecular weight is 375 g/mol. The standard InChI is InChI=1S/C22H21N3O3/c1-15-5-6-16(12-20(15)26)13-21(27)24-14-17-3-2-4-19(11-17)25-22(28)18-7-9-23-10-8-18/h2-12,26H,13-14H2,1H3,(H,24,27)(H,25,28). The molecule has 142 valence electrons. The first-order valence-electron chi connectivity index (χ1n) is 8.87. The van der Waals surface area contributed by atoms with Crippen molar-refractivity contribution in [2.45, 2.75) is 19.9 Å². The summed E-state index contributed by atoms with van der Waals surface area (Å²) in [7, 11) is 0. The number of rotatable bonds is 6. The van der Waals surface area contributed by atoms with Crippen LogP contribution in [-0.4, -0.2) is 21.9 Å². The molecule has 3 N–H and O–H groups in total. The lowest BCUT2D eigenvalue weighted by Gasteiger charge is -2.09. The Morgan fingerprint density at radius 2 is 1.79 bits per heavy atom. The van der Waals surface area contributed by atoms with Crippen molar-refractivity contribution in [2.75, 3.05) is 5.32 Å². The fourth-order valence-electron chi connectivity index (χ4n) is 2.68. The normalized spacial score (nSPS) is 10.3. The number of benzene rings is 2. The molecule has 0 aliphatic heterocycles. The smallest absolute Gasteiger partial charge is 0.255 e. The molecule has 0 bridgehead atoms. The lowest BCUT2D eigenvalue weighted by Crippen LogP contribution is -2.24. The van der Waals surface area contributed by atoms with Gasteiger partial charge in [0.2, 0.25) is 5.91 Å². The van der Waals surface area contributed by atoms with Crippen molar-refractivity contribution in [1.29, 1.82) is 0 Å². The Bertz CT molecular complexity index is 987. The summed E-state index contributed by atoms with van der Waals surface area (Å²) in [6.45, 7) is 2.15. The number of nitrogens with zero attached hydrogens (tertiary/aromatic N) is 1. The van der Waals surface area contributed by atoms with E-state index in [1.165, 1.54) is 0 Å². The highest BCUT2D eigenvalue weighted by Crippen LogP contribution is 2.18. The van der Waals surface area contributed by atoms with Crippen LogP contribution in [0.2, 0.25) is 0 Å². The van der Waals surface area contributed by atoms with E-state index in [0.29, 0.717) is 17.8 Å². The zero-order valence-corrected chi connectivity index (χ0v) is 15.5. The molecule has 0 saturated carbocycles. The molecule has 0 aliphatic rings. The van der Waals surface area contributed by atoms with Crippen molar-refractivity contribution < 1.29 is 14.7 Å². The van der Waals surface area contributed by atoms with Gasteiger partial charge in [-0.25, -0.2) is 0 Å². The fraction of sp³-hybridized carbons (Fsp3) is 0.136. The van der Waals surface area contributed by atoms with Gasteiger partial charge >= 0.3 is 0 Å². The molecule has 28 heavy (non-hydrogen) atoms. The topological polar surface area (TPSA) is 91.3 Å². The molecule has 1 aromatic heterocycles. The van der Waals surface area contributed by atoms with Crippen molar-refractivity contribution in [3.8, 4) is 5.75 Å². The van der Waals surface area contributed by atoms with Crippen LogP contribution in [0.5, 0.6) is 5.75 Å². The molecule has 0 unspecified atom stereocenters. The number of aromatic nitrogens is 1. The molecule has 0 aliphatic carbocycles. The number of phenolic OH excluding ortho intramolecular Hbond substituents is 1. The second-order valence-corrected chi connectivity index (χ2v) is 6.46. The van der Waals surface area contributed by atoms with Crippen LogP contribution in [-0.2, 0) is 17.8 Å². The minimum atomic E-state index is -0.220. The monoisotopic (exact) mass is 375 g/mol. The maximum absolute atomic E-state index is 12.2. The van der Waals surface area contributed by atoms with E-state index in [4.69, 9.17) is 0 Å². The zero-order valence-electron chi connectivity index (χ0n) is 15.5. The molecule has 6 nitrogen and oxygen atoms in total. The van der Waals surface area contributed by atoms with E-state index in [2.05, 4.69) is 15.6 Å². The van der Waals surface area contributed by atoms with E-state index in [1.807, 2.05) is 24.3 Å². The van der Waals surface area contributed by atoms with Gasteiger partial charge in [0.1, 0.15) is 5.75 Å². The van der Waals surface area contributed by atoms with Crippen molar-refractivity contribution in [3.05, 3.63) is 89.2 Å². The van der Waals surface area contributed by atoms with Crippen LogP contribution in [0.25, 0.3) is 0 Å². The Labute approximate surface area is 163 Å².